The third-order valence-electron chi connectivity index (χ3n) is 5.79. The first-order valence-electron chi connectivity index (χ1n) is 13.6. The van der Waals surface area contributed by atoms with Crippen LogP contribution in [0.5, 0.6) is 11.5 Å². The summed E-state index contributed by atoms with van der Waals surface area (Å²) in [5, 5.41) is 0. The molecule has 0 amide bonds. The molecular weight excluding hydrogens is 575 g/mol. The Morgan fingerprint density at radius 2 is 1.37 bits per heavy atom. The quantitative estimate of drug-likeness (QED) is 0.0834. The van der Waals surface area contributed by atoms with Crippen molar-refractivity contribution in [2.75, 3.05) is 0 Å². The Bertz CT molecular complexity index is 1230. The van der Waals surface area contributed by atoms with E-state index in [1.54, 1.807) is 45.9 Å². The van der Waals surface area contributed by atoms with Gasteiger partial charge in [-0.15, -0.1) is 0 Å². The highest BCUT2D eigenvalue weighted by Gasteiger charge is 2.48. The molecule has 41 heavy (non-hydrogen) atoms. The molecule has 0 fully saturated rings. The predicted molar refractivity (Wildman–Crippen MR) is 152 cm³/mol. The van der Waals surface area contributed by atoms with Gasteiger partial charge in [-0.2, -0.15) is 8.42 Å². The summed E-state index contributed by atoms with van der Waals surface area (Å²) in [6.07, 6.45) is -2.71. The molecule has 0 aromatic heterocycles. The second-order valence-corrected chi connectivity index (χ2v) is 13.1. The van der Waals surface area contributed by atoms with Crippen molar-refractivity contribution in [3.05, 3.63) is 60.2 Å². The Morgan fingerprint density at radius 1 is 0.829 bits per heavy atom. The van der Waals surface area contributed by atoms with Crippen LogP contribution in [0.2, 0.25) is 0 Å². The average Bonchev–Trinajstić information content (AvgIpc) is 2.94. The Kier molecular flexibility index (Phi) is 14.0. The van der Waals surface area contributed by atoms with Gasteiger partial charge in [-0.05, 0) is 49.1 Å². The Balaban J connectivity index is 2.29. The molecule has 2 aromatic rings. The molecule has 13 heteroatoms. The zero-order valence-corrected chi connectivity index (χ0v) is 25.5. The molecule has 2 aromatic carbocycles. The van der Waals surface area contributed by atoms with Crippen LogP contribution in [0.25, 0.3) is 0 Å². The number of rotatable bonds is 18. The Morgan fingerprint density at radius 3 is 1.85 bits per heavy atom. The zero-order chi connectivity index (χ0) is 30.5. The van der Waals surface area contributed by atoms with E-state index in [9.17, 15) is 27.1 Å². The summed E-state index contributed by atoms with van der Waals surface area (Å²) in [7, 11) is -9.84. The summed E-state index contributed by atoms with van der Waals surface area (Å²) in [6.45, 7) is 6.23. The topological polar surface area (TPSA) is 152 Å². The lowest BCUT2D eigenvalue weighted by molar-refractivity contribution is -0.170. The first kappa shape index (κ1) is 34.4. The van der Waals surface area contributed by atoms with E-state index in [1.165, 1.54) is 0 Å². The van der Waals surface area contributed by atoms with Gasteiger partial charge in [0, 0.05) is 25.7 Å². The molecule has 0 aliphatic heterocycles. The molecule has 3 atom stereocenters. The lowest BCUT2D eigenvalue weighted by Gasteiger charge is -2.30. The molecule has 0 radical (unpaired) electrons. The van der Waals surface area contributed by atoms with Crippen molar-refractivity contribution in [3.63, 3.8) is 0 Å². The van der Waals surface area contributed by atoms with Crippen LogP contribution in [0.4, 0.5) is 0 Å². The van der Waals surface area contributed by atoms with Crippen molar-refractivity contribution in [2.24, 2.45) is 0 Å². The highest BCUT2D eigenvalue weighted by molar-refractivity contribution is 7.94. The molecule has 228 valence electrons. The van der Waals surface area contributed by atoms with Crippen LogP contribution >= 0.6 is 7.60 Å². The largest absolute Gasteiger partial charge is 0.457 e. The molecule has 3 unspecified atom stereocenters. The van der Waals surface area contributed by atoms with Crippen molar-refractivity contribution in [2.45, 2.75) is 90.2 Å². The van der Waals surface area contributed by atoms with E-state index in [4.69, 9.17) is 23.3 Å². The molecule has 0 saturated carbocycles. The van der Waals surface area contributed by atoms with Crippen LogP contribution in [-0.4, -0.2) is 42.5 Å². The van der Waals surface area contributed by atoms with Gasteiger partial charge < -0.3 is 14.2 Å². The van der Waals surface area contributed by atoms with Crippen LogP contribution in [0, 0.1) is 0 Å². The minimum atomic E-state index is -5.02. The van der Waals surface area contributed by atoms with Gasteiger partial charge in [0.1, 0.15) is 11.5 Å². The van der Waals surface area contributed by atoms with Crippen molar-refractivity contribution < 1.29 is 50.4 Å². The maximum atomic E-state index is 14.2. The number of para-hydroxylation sites is 1. The third-order valence-corrected chi connectivity index (χ3v) is 10.3. The molecule has 0 spiro atoms. The SMILES string of the molecule is CCC(=O)OC(CC)OP(=O)(OC(CC)OC(=O)CC)C(CCCc1cccc(Oc2ccccc2)c1)S(=O)(=O)O. The fourth-order valence-electron chi connectivity index (χ4n) is 3.65. The minimum Gasteiger partial charge on any atom is -0.457 e. The minimum absolute atomic E-state index is 0.00844. The van der Waals surface area contributed by atoms with E-state index < -0.39 is 47.2 Å². The van der Waals surface area contributed by atoms with Gasteiger partial charge >= 0.3 is 19.5 Å². The number of hydrogen-bond acceptors (Lipinski definition) is 10. The van der Waals surface area contributed by atoms with E-state index in [-0.39, 0.29) is 38.5 Å². The zero-order valence-electron chi connectivity index (χ0n) is 23.8. The Hall–Kier alpha value is -2.76. The molecule has 1 N–H and O–H groups in total. The fourth-order valence-corrected chi connectivity index (χ4v) is 7.57. The third kappa shape index (κ3) is 11.6. The maximum absolute atomic E-state index is 14.2. The summed E-state index contributed by atoms with van der Waals surface area (Å²) in [6, 6.07) is 16.3. The number of ether oxygens (including phenoxy) is 3. The van der Waals surface area contributed by atoms with E-state index in [2.05, 4.69) is 0 Å². The first-order chi connectivity index (χ1) is 19.4. The predicted octanol–water partition coefficient (Wildman–Crippen LogP) is 6.62. The molecule has 0 aliphatic rings. The Labute approximate surface area is 241 Å². The summed E-state index contributed by atoms with van der Waals surface area (Å²) >= 11 is 0. The summed E-state index contributed by atoms with van der Waals surface area (Å²) in [5.41, 5.74) is 0.802. The van der Waals surface area contributed by atoms with Crippen LogP contribution < -0.4 is 4.74 Å². The maximum Gasteiger partial charge on any atom is 0.357 e. The van der Waals surface area contributed by atoms with Crippen molar-refractivity contribution in [3.8, 4) is 11.5 Å². The van der Waals surface area contributed by atoms with Gasteiger partial charge in [0.2, 0.25) is 12.6 Å². The number of carbonyl (C=O) groups excluding carboxylic acids is 2. The van der Waals surface area contributed by atoms with Crippen molar-refractivity contribution >= 4 is 29.7 Å². The number of benzene rings is 2. The average molecular weight is 615 g/mol. The summed E-state index contributed by atoms with van der Waals surface area (Å²) in [5.74, 6) is -0.123. The van der Waals surface area contributed by atoms with E-state index >= 15 is 0 Å². The van der Waals surface area contributed by atoms with E-state index in [1.807, 2.05) is 36.4 Å². The number of hydrogen-bond donors (Lipinski definition) is 1. The van der Waals surface area contributed by atoms with Gasteiger partial charge in [-0.1, -0.05) is 58.0 Å². The first-order valence-corrected chi connectivity index (χ1v) is 16.7. The van der Waals surface area contributed by atoms with Crippen LogP contribution in [0.15, 0.2) is 54.6 Å². The van der Waals surface area contributed by atoms with Gasteiger partial charge in [0.15, 0.2) is 4.99 Å². The standard InChI is InChI=1S/C28H39O11PS/c1-5-24(29)36-26(7-3)38-40(31,39-27(8-4)37-25(30)6-2)28(41(32,33)34)19-13-15-21-14-12-18-23(20-21)35-22-16-10-9-11-17-22/h9-12,14,16-18,20,26-28H,5-8,13,15,19H2,1-4H3,(H,32,33,34). The summed E-state index contributed by atoms with van der Waals surface area (Å²) < 4.78 is 76.6. The second-order valence-electron chi connectivity index (χ2n) is 9.04. The van der Waals surface area contributed by atoms with Gasteiger partial charge in [-0.3, -0.25) is 27.8 Å². The van der Waals surface area contributed by atoms with Gasteiger partial charge in [-0.25, -0.2) is 0 Å². The molecule has 0 aliphatic carbocycles. The lowest BCUT2D eigenvalue weighted by atomic mass is 10.1. The molecule has 11 nitrogen and oxygen atoms in total. The van der Waals surface area contributed by atoms with Crippen LogP contribution in [0.3, 0.4) is 0 Å². The van der Waals surface area contributed by atoms with Crippen molar-refractivity contribution in [1.29, 1.82) is 0 Å². The normalized spacial score (nSPS) is 15.2. The smallest absolute Gasteiger partial charge is 0.357 e. The van der Waals surface area contributed by atoms with Crippen molar-refractivity contribution in [1.82, 2.24) is 0 Å². The highest BCUT2D eigenvalue weighted by atomic mass is 32.2. The molecule has 0 bridgehead atoms. The number of esters is 2. The molecule has 0 saturated heterocycles. The number of aryl methyl sites for hydroxylation is 1. The van der Waals surface area contributed by atoms with E-state index in [0.29, 0.717) is 17.9 Å². The van der Waals surface area contributed by atoms with Crippen LogP contribution in [-0.2, 0) is 49.2 Å². The number of carbonyl (C=O) groups is 2. The van der Waals surface area contributed by atoms with Gasteiger partial charge in [0.25, 0.3) is 10.1 Å². The van der Waals surface area contributed by atoms with E-state index in [0.717, 1.165) is 5.56 Å². The molecular formula is C28H39O11PS. The monoisotopic (exact) mass is 614 g/mol. The molecule has 2 rings (SSSR count). The highest BCUT2D eigenvalue weighted by Crippen LogP contribution is 2.59. The second kappa shape index (κ2) is 16.6. The summed E-state index contributed by atoms with van der Waals surface area (Å²) in [4.78, 5) is 21.7. The lowest BCUT2D eigenvalue weighted by Crippen LogP contribution is -2.31. The fraction of sp³-hybridized carbons (Fsp3) is 0.500. The van der Waals surface area contributed by atoms with Gasteiger partial charge in [0.05, 0.1) is 0 Å². The molecule has 0 heterocycles. The van der Waals surface area contributed by atoms with Crippen LogP contribution in [0.1, 0.15) is 71.8 Å².